The van der Waals surface area contributed by atoms with E-state index in [4.69, 9.17) is 13.7 Å². The molecule has 0 amide bonds. The molecule has 6 nitrogen and oxygen atoms in total. The first-order valence-electron chi connectivity index (χ1n) is 8.96. The van der Waals surface area contributed by atoms with Gasteiger partial charge in [-0.2, -0.15) is 4.98 Å². The number of imidazole rings is 1. The van der Waals surface area contributed by atoms with Crippen LogP contribution in [-0.4, -0.2) is 27.7 Å². The van der Waals surface area contributed by atoms with Crippen LogP contribution in [0.1, 0.15) is 27.7 Å². The summed E-state index contributed by atoms with van der Waals surface area (Å²) in [4.78, 5) is 17.6. The van der Waals surface area contributed by atoms with Gasteiger partial charge in [0, 0.05) is 0 Å². The molecule has 5 rings (SSSR count). The summed E-state index contributed by atoms with van der Waals surface area (Å²) in [5, 5.41) is 0.470. The molecular formula is C20H19BN2O4. The van der Waals surface area contributed by atoms with E-state index in [1.807, 2.05) is 58.0 Å². The van der Waals surface area contributed by atoms with Crippen LogP contribution in [0.5, 0.6) is 0 Å². The third kappa shape index (κ3) is 2.28. The molecule has 3 heterocycles. The zero-order valence-electron chi connectivity index (χ0n) is 15.6. The Kier molecular flexibility index (Phi) is 3.19. The smallest absolute Gasteiger partial charge is 0.424 e. The molecular weight excluding hydrogens is 343 g/mol. The van der Waals surface area contributed by atoms with Gasteiger partial charge in [-0.15, -0.1) is 0 Å². The Balaban J connectivity index is 1.72. The monoisotopic (exact) mass is 362 g/mol. The Bertz CT molecular complexity index is 1260. The van der Waals surface area contributed by atoms with Gasteiger partial charge in [-0.25, -0.2) is 4.40 Å². The van der Waals surface area contributed by atoms with Crippen LogP contribution in [0, 0.1) is 0 Å². The SMILES string of the molecule is CC1(C)OB(c2ccc3oc4nc5ccccc5n4c(=O)c3c2)OC1(C)C. The highest BCUT2D eigenvalue weighted by molar-refractivity contribution is 6.62. The van der Waals surface area contributed by atoms with Crippen molar-refractivity contribution in [2.45, 2.75) is 38.9 Å². The summed E-state index contributed by atoms with van der Waals surface area (Å²) in [6.07, 6.45) is 0. The fourth-order valence-electron chi connectivity index (χ4n) is 3.42. The predicted molar refractivity (Wildman–Crippen MR) is 104 cm³/mol. The van der Waals surface area contributed by atoms with Gasteiger partial charge >= 0.3 is 13.0 Å². The number of fused-ring (bicyclic) bond motifs is 4. The zero-order valence-corrected chi connectivity index (χ0v) is 15.6. The number of hydrogen-bond donors (Lipinski definition) is 0. The number of rotatable bonds is 1. The number of aromatic nitrogens is 2. The minimum Gasteiger partial charge on any atom is -0.424 e. The highest BCUT2D eigenvalue weighted by atomic mass is 16.7. The van der Waals surface area contributed by atoms with E-state index in [2.05, 4.69) is 4.98 Å². The molecule has 1 aliphatic heterocycles. The van der Waals surface area contributed by atoms with Crippen LogP contribution < -0.4 is 11.0 Å². The molecule has 7 heteroatoms. The summed E-state index contributed by atoms with van der Waals surface area (Å²) in [6.45, 7) is 8.01. The Morgan fingerprint density at radius 1 is 1.00 bits per heavy atom. The first-order valence-corrected chi connectivity index (χ1v) is 8.96. The third-order valence-corrected chi connectivity index (χ3v) is 5.69. The standard InChI is InChI=1S/C20H19BN2O4/c1-19(2)20(3,4)27-21(26-19)12-9-10-16-13(11-12)17(24)23-15-8-6-5-7-14(15)22-18(23)25-16/h5-11H,1-4H3. The summed E-state index contributed by atoms with van der Waals surface area (Å²) in [5.74, 6) is 0.289. The molecule has 1 aliphatic rings. The van der Waals surface area contributed by atoms with E-state index in [0.29, 0.717) is 11.0 Å². The molecule has 136 valence electrons. The van der Waals surface area contributed by atoms with Crippen molar-refractivity contribution in [3.05, 3.63) is 52.8 Å². The van der Waals surface area contributed by atoms with Crippen LogP contribution in [0.3, 0.4) is 0 Å². The summed E-state index contributed by atoms with van der Waals surface area (Å²) in [7, 11) is -0.533. The molecule has 0 atom stereocenters. The van der Waals surface area contributed by atoms with Crippen molar-refractivity contribution in [2.24, 2.45) is 0 Å². The maximum absolute atomic E-state index is 13.2. The highest BCUT2D eigenvalue weighted by Gasteiger charge is 2.51. The lowest BCUT2D eigenvalue weighted by Gasteiger charge is -2.32. The fraction of sp³-hybridized carbons (Fsp3) is 0.300. The quantitative estimate of drug-likeness (QED) is 0.487. The average Bonchev–Trinajstić information content (AvgIpc) is 3.08. The third-order valence-electron chi connectivity index (χ3n) is 5.69. The van der Waals surface area contributed by atoms with E-state index in [1.165, 1.54) is 4.40 Å². The number of hydrogen-bond acceptors (Lipinski definition) is 5. The second kappa shape index (κ2) is 5.21. The van der Waals surface area contributed by atoms with Gasteiger partial charge in [-0.3, -0.25) is 4.79 Å². The highest BCUT2D eigenvalue weighted by Crippen LogP contribution is 2.36. The molecule has 2 aromatic heterocycles. The predicted octanol–water partition coefficient (Wildman–Crippen LogP) is 2.89. The molecule has 2 aromatic carbocycles. The van der Waals surface area contributed by atoms with Gasteiger partial charge in [0.1, 0.15) is 5.58 Å². The van der Waals surface area contributed by atoms with Crippen molar-refractivity contribution in [3.63, 3.8) is 0 Å². The Morgan fingerprint density at radius 3 is 2.44 bits per heavy atom. The molecule has 0 saturated carbocycles. The van der Waals surface area contributed by atoms with E-state index >= 15 is 0 Å². The maximum atomic E-state index is 13.2. The lowest BCUT2D eigenvalue weighted by molar-refractivity contribution is 0.00578. The molecule has 0 spiro atoms. The first-order chi connectivity index (χ1) is 12.8. The van der Waals surface area contributed by atoms with Gasteiger partial charge < -0.3 is 13.7 Å². The minimum absolute atomic E-state index is 0.168. The number of benzene rings is 2. The van der Waals surface area contributed by atoms with Crippen LogP contribution in [0.2, 0.25) is 0 Å². The van der Waals surface area contributed by atoms with Crippen molar-refractivity contribution in [2.75, 3.05) is 0 Å². The zero-order chi connectivity index (χ0) is 19.0. The maximum Gasteiger partial charge on any atom is 0.494 e. The van der Waals surface area contributed by atoms with Gasteiger partial charge in [0.25, 0.3) is 5.56 Å². The van der Waals surface area contributed by atoms with Crippen molar-refractivity contribution < 1.29 is 13.7 Å². The molecule has 0 N–H and O–H groups in total. The summed E-state index contributed by atoms with van der Waals surface area (Å²) >= 11 is 0. The second-order valence-electron chi connectivity index (χ2n) is 7.97. The molecule has 0 aliphatic carbocycles. The summed E-state index contributed by atoms with van der Waals surface area (Å²) in [5.41, 5.74) is 1.67. The van der Waals surface area contributed by atoms with E-state index < -0.39 is 18.3 Å². The fourth-order valence-corrected chi connectivity index (χ4v) is 3.42. The Hall–Kier alpha value is -2.64. The number of nitrogens with zero attached hydrogens (tertiary/aromatic N) is 2. The van der Waals surface area contributed by atoms with Crippen LogP contribution in [0.4, 0.5) is 0 Å². The van der Waals surface area contributed by atoms with E-state index in [1.54, 1.807) is 12.1 Å². The van der Waals surface area contributed by atoms with Crippen molar-refractivity contribution in [1.82, 2.24) is 9.38 Å². The van der Waals surface area contributed by atoms with Gasteiger partial charge in [0.05, 0.1) is 27.6 Å². The van der Waals surface area contributed by atoms with Crippen LogP contribution >= 0.6 is 0 Å². The summed E-state index contributed by atoms with van der Waals surface area (Å²) < 4.78 is 19.6. The molecule has 1 saturated heterocycles. The van der Waals surface area contributed by atoms with Crippen molar-refractivity contribution >= 4 is 40.4 Å². The molecule has 0 bridgehead atoms. The van der Waals surface area contributed by atoms with E-state index in [-0.39, 0.29) is 11.4 Å². The normalized spacial score (nSPS) is 18.7. The van der Waals surface area contributed by atoms with Crippen LogP contribution in [-0.2, 0) is 9.31 Å². The average molecular weight is 362 g/mol. The van der Waals surface area contributed by atoms with Gasteiger partial charge in [-0.05, 0) is 57.4 Å². The van der Waals surface area contributed by atoms with Crippen molar-refractivity contribution in [1.29, 1.82) is 0 Å². The molecule has 27 heavy (non-hydrogen) atoms. The molecule has 1 fully saturated rings. The lowest BCUT2D eigenvalue weighted by Crippen LogP contribution is -2.41. The second-order valence-corrected chi connectivity index (χ2v) is 7.97. The molecule has 0 radical (unpaired) electrons. The Morgan fingerprint density at radius 2 is 1.70 bits per heavy atom. The van der Waals surface area contributed by atoms with Gasteiger partial charge in [0.15, 0.2) is 0 Å². The van der Waals surface area contributed by atoms with Crippen molar-refractivity contribution in [3.8, 4) is 0 Å². The first kappa shape index (κ1) is 16.5. The number of para-hydroxylation sites is 2. The topological polar surface area (TPSA) is 66.0 Å². The Labute approximate surface area is 155 Å². The lowest BCUT2D eigenvalue weighted by atomic mass is 9.79. The van der Waals surface area contributed by atoms with Crippen LogP contribution in [0.25, 0.3) is 27.8 Å². The van der Waals surface area contributed by atoms with E-state index in [0.717, 1.165) is 16.5 Å². The van der Waals surface area contributed by atoms with Crippen LogP contribution in [0.15, 0.2) is 51.7 Å². The van der Waals surface area contributed by atoms with E-state index in [9.17, 15) is 4.79 Å². The summed E-state index contributed by atoms with van der Waals surface area (Å²) in [6, 6.07) is 12.9. The largest absolute Gasteiger partial charge is 0.494 e. The minimum atomic E-state index is -0.533. The van der Waals surface area contributed by atoms with Gasteiger partial charge in [-0.1, -0.05) is 18.2 Å². The van der Waals surface area contributed by atoms with Gasteiger partial charge in [0.2, 0.25) is 0 Å². The molecule has 0 unspecified atom stereocenters. The molecule has 4 aromatic rings.